The maximum atomic E-state index is 12.5. The second-order valence-electron chi connectivity index (χ2n) is 7.25. The van der Waals surface area contributed by atoms with E-state index in [2.05, 4.69) is 40.2 Å². The topological polar surface area (TPSA) is 54.6 Å². The molecule has 0 bridgehead atoms. The maximum Gasteiger partial charge on any atom is 0.231 e. The maximum absolute atomic E-state index is 12.5. The van der Waals surface area contributed by atoms with Crippen molar-refractivity contribution in [1.82, 2.24) is 9.88 Å². The highest BCUT2D eigenvalue weighted by atomic mass is 16.7. The van der Waals surface area contributed by atoms with E-state index in [1.54, 1.807) is 0 Å². The van der Waals surface area contributed by atoms with Crippen LogP contribution < -0.4 is 9.47 Å². The molecule has 3 aromatic rings. The summed E-state index contributed by atoms with van der Waals surface area (Å²) in [5.74, 6) is 1.93. The van der Waals surface area contributed by atoms with Crippen LogP contribution in [0.15, 0.2) is 42.5 Å². The predicted octanol–water partition coefficient (Wildman–Crippen LogP) is 3.19. The zero-order valence-electron chi connectivity index (χ0n) is 14.2. The Morgan fingerprint density at radius 3 is 2.92 bits per heavy atom. The number of benzene rings is 2. The van der Waals surface area contributed by atoms with Gasteiger partial charge in [0.05, 0.1) is 12.1 Å². The molecule has 2 atom stereocenters. The number of ether oxygens (including phenoxy) is 2. The van der Waals surface area contributed by atoms with Crippen LogP contribution >= 0.6 is 0 Å². The van der Waals surface area contributed by atoms with Crippen molar-refractivity contribution in [2.24, 2.45) is 0 Å². The third-order valence-electron chi connectivity index (χ3n) is 5.95. The zero-order chi connectivity index (χ0) is 17.3. The molecule has 2 aromatic carbocycles. The van der Waals surface area contributed by atoms with Crippen molar-refractivity contribution in [2.75, 3.05) is 13.3 Å². The normalized spacial score (nSPS) is 24.1. The largest absolute Gasteiger partial charge is 0.454 e. The number of aromatic amines is 1. The molecule has 3 aliphatic heterocycles. The van der Waals surface area contributed by atoms with E-state index in [0.717, 1.165) is 35.5 Å². The number of nitrogens with zero attached hydrogens (tertiary/aromatic N) is 1. The molecule has 0 aliphatic carbocycles. The smallest absolute Gasteiger partial charge is 0.231 e. The van der Waals surface area contributed by atoms with Gasteiger partial charge in [0.15, 0.2) is 17.3 Å². The van der Waals surface area contributed by atoms with Gasteiger partial charge in [-0.05, 0) is 35.7 Å². The van der Waals surface area contributed by atoms with E-state index < -0.39 is 0 Å². The molecule has 0 saturated carbocycles. The van der Waals surface area contributed by atoms with Gasteiger partial charge in [0, 0.05) is 29.6 Å². The Morgan fingerprint density at radius 2 is 1.96 bits per heavy atom. The fourth-order valence-electron chi connectivity index (χ4n) is 4.76. The van der Waals surface area contributed by atoms with Crippen LogP contribution in [0.1, 0.15) is 29.3 Å². The summed E-state index contributed by atoms with van der Waals surface area (Å²) in [6.45, 7) is 1.07. The second kappa shape index (κ2) is 5.11. The molecule has 0 spiro atoms. The van der Waals surface area contributed by atoms with Crippen LogP contribution in [-0.2, 0) is 11.2 Å². The number of hydrogen-bond donors (Lipinski definition) is 1. The molecule has 1 saturated heterocycles. The molecule has 6 rings (SSSR count). The van der Waals surface area contributed by atoms with Gasteiger partial charge < -0.3 is 14.5 Å². The van der Waals surface area contributed by atoms with Crippen LogP contribution in [-0.4, -0.2) is 35.0 Å². The SMILES string of the molecule is O=C1CCN2[C@H](c3ccc4c(c3)OCO4)c3[nH]c4ccccc4c3C[C@H]12. The molecule has 0 amide bonds. The molecule has 3 aliphatic rings. The lowest BCUT2D eigenvalue weighted by Crippen LogP contribution is -2.42. The molecular weight excluding hydrogens is 328 g/mol. The minimum absolute atomic E-state index is 0.0304. The Balaban J connectivity index is 1.57. The van der Waals surface area contributed by atoms with Gasteiger partial charge in [0.1, 0.15) is 0 Å². The van der Waals surface area contributed by atoms with Gasteiger partial charge >= 0.3 is 0 Å². The second-order valence-corrected chi connectivity index (χ2v) is 7.25. The summed E-state index contributed by atoms with van der Waals surface area (Å²) in [4.78, 5) is 18.5. The highest BCUT2D eigenvalue weighted by Gasteiger charge is 2.44. The van der Waals surface area contributed by atoms with Crippen molar-refractivity contribution in [3.05, 3.63) is 59.3 Å². The molecule has 130 valence electrons. The minimum Gasteiger partial charge on any atom is -0.454 e. The van der Waals surface area contributed by atoms with E-state index in [9.17, 15) is 4.79 Å². The number of para-hydroxylation sites is 1. The quantitative estimate of drug-likeness (QED) is 0.735. The molecule has 1 N–H and O–H groups in total. The minimum atomic E-state index is -0.0304. The highest BCUT2D eigenvalue weighted by Crippen LogP contribution is 2.45. The summed E-state index contributed by atoms with van der Waals surface area (Å²) in [6, 6.07) is 14.5. The summed E-state index contributed by atoms with van der Waals surface area (Å²) in [7, 11) is 0. The monoisotopic (exact) mass is 346 g/mol. The number of H-pyrrole nitrogens is 1. The van der Waals surface area contributed by atoms with Crippen LogP contribution in [0.2, 0.25) is 0 Å². The number of Topliss-reactive ketones (excluding diaryl/α,β-unsaturated/α-hetero) is 1. The third kappa shape index (κ3) is 1.86. The first kappa shape index (κ1) is 14.4. The number of carbonyl (C=O) groups excluding carboxylic acids is 1. The molecule has 0 radical (unpaired) electrons. The number of nitrogens with one attached hydrogen (secondary N) is 1. The fraction of sp³-hybridized carbons (Fsp3) is 0.286. The number of ketones is 1. The lowest BCUT2D eigenvalue weighted by atomic mass is 9.88. The first-order chi connectivity index (χ1) is 12.8. The van der Waals surface area contributed by atoms with Gasteiger partial charge in [-0.15, -0.1) is 0 Å². The number of aromatic nitrogens is 1. The standard InChI is InChI=1S/C21H18N2O3/c24-17-7-8-23-16(17)10-14-13-3-1-2-4-15(13)22-20(14)21(23)12-5-6-18-19(9-12)26-11-25-18/h1-6,9,16,21-22H,7-8,10-11H2/t16-,21-/m1/s1. The summed E-state index contributed by atoms with van der Waals surface area (Å²) in [5.41, 5.74) is 4.76. The number of fused-ring (bicyclic) bond motifs is 5. The average molecular weight is 346 g/mol. The Morgan fingerprint density at radius 1 is 1.08 bits per heavy atom. The van der Waals surface area contributed by atoms with Gasteiger partial charge in [0.25, 0.3) is 0 Å². The van der Waals surface area contributed by atoms with Gasteiger partial charge in [-0.3, -0.25) is 9.69 Å². The number of carbonyl (C=O) groups is 1. The van der Waals surface area contributed by atoms with E-state index in [1.807, 2.05) is 12.1 Å². The molecule has 1 aromatic heterocycles. The third-order valence-corrected chi connectivity index (χ3v) is 5.95. The van der Waals surface area contributed by atoms with Crippen LogP contribution in [0, 0.1) is 0 Å². The average Bonchev–Trinajstić information content (AvgIpc) is 3.36. The molecule has 5 heteroatoms. The summed E-state index contributed by atoms with van der Waals surface area (Å²) in [6.07, 6.45) is 1.42. The van der Waals surface area contributed by atoms with E-state index in [1.165, 1.54) is 16.6 Å². The molecule has 1 fully saturated rings. The lowest BCUT2D eigenvalue weighted by Gasteiger charge is -2.37. The van der Waals surface area contributed by atoms with Crippen LogP contribution in [0.3, 0.4) is 0 Å². The summed E-state index contributed by atoms with van der Waals surface area (Å²) >= 11 is 0. The van der Waals surface area contributed by atoms with Gasteiger partial charge in [-0.25, -0.2) is 0 Å². The van der Waals surface area contributed by atoms with Crippen molar-refractivity contribution < 1.29 is 14.3 Å². The molecule has 26 heavy (non-hydrogen) atoms. The van der Waals surface area contributed by atoms with Crippen molar-refractivity contribution in [3.63, 3.8) is 0 Å². The van der Waals surface area contributed by atoms with Crippen molar-refractivity contribution in [2.45, 2.75) is 24.9 Å². The lowest BCUT2D eigenvalue weighted by molar-refractivity contribution is -0.120. The van der Waals surface area contributed by atoms with Crippen LogP contribution in [0.4, 0.5) is 0 Å². The van der Waals surface area contributed by atoms with Crippen molar-refractivity contribution in [3.8, 4) is 11.5 Å². The number of hydrogen-bond acceptors (Lipinski definition) is 4. The van der Waals surface area contributed by atoms with E-state index in [4.69, 9.17) is 9.47 Å². The first-order valence-electron chi connectivity index (χ1n) is 9.07. The van der Waals surface area contributed by atoms with E-state index in [-0.39, 0.29) is 18.9 Å². The van der Waals surface area contributed by atoms with Crippen LogP contribution in [0.25, 0.3) is 10.9 Å². The Labute approximate surface area is 150 Å². The molecular formula is C21H18N2O3. The Bertz CT molecular complexity index is 1050. The van der Waals surface area contributed by atoms with Crippen LogP contribution in [0.5, 0.6) is 11.5 Å². The highest BCUT2D eigenvalue weighted by molar-refractivity contribution is 5.90. The van der Waals surface area contributed by atoms with Crippen molar-refractivity contribution in [1.29, 1.82) is 0 Å². The number of rotatable bonds is 1. The molecule has 5 nitrogen and oxygen atoms in total. The first-order valence-corrected chi connectivity index (χ1v) is 9.07. The van der Waals surface area contributed by atoms with Gasteiger partial charge in [0.2, 0.25) is 6.79 Å². The zero-order valence-corrected chi connectivity index (χ0v) is 14.2. The van der Waals surface area contributed by atoms with E-state index >= 15 is 0 Å². The molecule has 4 heterocycles. The summed E-state index contributed by atoms with van der Waals surface area (Å²) < 4.78 is 11.1. The molecule has 0 unspecified atom stereocenters. The Hall–Kier alpha value is -2.79. The fourth-order valence-corrected chi connectivity index (χ4v) is 4.76. The Kier molecular flexibility index (Phi) is 2.83. The predicted molar refractivity (Wildman–Crippen MR) is 96.5 cm³/mol. The van der Waals surface area contributed by atoms with Crippen molar-refractivity contribution >= 4 is 16.7 Å². The van der Waals surface area contributed by atoms with Gasteiger partial charge in [-0.1, -0.05) is 24.3 Å². The van der Waals surface area contributed by atoms with E-state index in [0.29, 0.717) is 12.2 Å². The van der Waals surface area contributed by atoms with Gasteiger partial charge in [-0.2, -0.15) is 0 Å². The summed E-state index contributed by atoms with van der Waals surface area (Å²) in [5, 5.41) is 1.23.